The summed E-state index contributed by atoms with van der Waals surface area (Å²) in [5.74, 6) is -0.0602. The van der Waals surface area contributed by atoms with Crippen LogP contribution >= 0.6 is 0 Å². The van der Waals surface area contributed by atoms with E-state index in [-0.39, 0.29) is 5.91 Å². The summed E-state index contributed by atoms with van der Waals surface area (Å²) in [5.41, 5.74) is 4.40. The molecule has 4 heteroatoms. The monoisotopic (exact) mass is 257 g/mol. The summed E-state index contributed by atoms with van der Waals surface area (Å²) in [6.45, 7) is 8.44. The van der Waals surface area contributed by atoms with Crippen LogP contribution in [0, 0.1) is 20.8 Å². The van der Waals surface area contributed by atoms with Gasteiger partial charge in [-0.05, 0) is 45.4 Å². The van der Waals surface area contributed by atoms with Crippen molar-refractivity contribution in [2.75, 3.05) is 11.4 Å². The van der Waals surface area contributed by atoms with Crippen molar-refractivity contribution in [3.63, 3.8) is 0 Å². The van der Waals surface area contributed by atoms with Crippen LogP contribution in [0.3, 0.4) is 0 Å². The van der Waals surface area contributed by atoms with Crippen molar-refractivity contribution in [1.82, 2.24) is 10.2 Å². The lowest BCUT2D eigenvalue weighted by Gasteiger charge is -2.20. The van der Waals surface area contributed by atoms with Crippen molar-refractivity contribution in [3.8, 4) is 0 Å². The largest absolute Gasteiger partial charge is 0.307 e. The van der Waals surface area contributed by atoms with Gasteiger partial charge in [-0.3, -0.25) is 9.89 Å². The van der Waals surface area contributed by atoms with E-state index in [0.717, 1.165) is 22.5 Å². The predicted molar refractivity (Wildman–Crippen MR) is 76.6 cm³/mol. The second kappa shape index (κ2) is 5.26. The maximum Gasteiger partial charge on any atom is 0.279 e. The molecule has 2 aromatic rings. The van der Waals surface area contributed by atoms with E-state index >= 15 is 0 Å². The summed E-state index contributed by atoms with van der Waals surface area (Å²) in [5, 5.41) is 6.98. The molecule has 4 nitrogen and oxygen atoms in total. The Balaban J connectivity index is 2.37. The number of hydrogen-bond donors (Lipinski definition) is 1. The fraction of sp³-hybridized carbons (Fsp3) is 0.333. The fourth-order valence-corrected chi connectivity index (χ4v) is 2.06. The van der Waals surface area contributed by atoms with E-state index in [1.165, 1.54) is 0 Å². The molecule has 0 unspecified atom stereocenters. The Morgan fingerprint density at radius 1 is 1.32 bits per heavy atom. The molecule has 0 atom stereocenters. The number of aromatic nitrogens is 2. The Hall–Kier alpha value is -2.10. The highest BCUT2D eigenvalue weighted by Gasteiger charge is 2.21. The molecule has 0 saturated heterocycles. The Morgan fingerprint density at radius 2 is 2.05 bits per heavy atom. The minimum absolute atomic E-state index is 0.0602. The number of rotatable bonds is 3. The molecule has 0 aliphatic heterocycles. The van der Waals surface area contributed by atoms with Crippen molar-refractivity contribution >= 4 is 11.6 Å². The van der Waals surface area contributed by atoms with Crippen molar-refractivity contribution < 1.29 is 4.79 Å². The Kier molecular flexibility index (Phi) is 3.69. The van der Waals surface area contributed by atoms with E-state index in [0.29, 0.717) is 12.2 Å². The quantitative estimate of drug-likeness (QED) is 0.918. The topological polar surface area (TPSA) is 49.0 Å². The van der Waals surface area contributed by atoms with Gasteiger partial charge in [0.2, 0.25) is 0 Å². The fourth-order valence-electron chi connectivity index (χ4n) is 2.06. The molecule has 0 bridgehead atoms. The number of hydrogen-bond acceptors (Lipinski definition) is 2. The second-order valence-corrected chi connectivity index (χ2v) is 4.71. The summed E-state index contributed by atoms with van der Waals surface area (Å²) < 4.78 is 0. The van der Waals surface area contributed by atoms with Gasteiger partial charge in [-0.2, -0.15) is 5.10 Å². The van der Waals surface area contributed by atoms with Crippen molar-refractivity contribution in [3.05, 3.63) is 46.8 Å². The van der Waals surface area contributed by atoms with Gasteiger partial charge in [0.25, 0.3) is 5.91 Å². The Morgan fingerprint density at radius 3 is 2.58 bits per heavy atom. The van der Waals surface area contributed by atoms with Gasteiger partial charge in [-0.15, -0.1) is 0 Å². The molecule has 1 heterocycles. The molecule has 1 aromatic heterocycles. The van der Waals surface area contributed by atoms with Crippen LogP contribution in [-0.4, -0.2) is 22.6 Å². The number of aromatic amines is 1. The first-order chi connectivity index (χ1) is 9.04. The van der Waals surface area contributed by atoms with E-state index in [1.54, 1.807) is 4.90 Å². The van der Waals surface area contributed by atoms with Crippen LogP contribution in [-0.2, 0) is 0 Å². The van der Waals surface area contributed by atoms with Gasteiger partial charge in [0.15, 0.2) is 5.69 Å². The summed E-state index contributed by atoms with van der Waals surface area (Å²) >= 11 is 0. The number of carbonyl (C=O) groups is 1. The molecule has 1 N–H and O–H groups in total. The zero-order chi connectivity index (χ0) is 14.0. The molecule has 1 amide bonds. The minimum Gasteiger partial charge on any atom is -0.307 e. The molecule has 0 saturated carbocycles. The molecule has 0 aliphatic rings. The van der Waals surface area contributed by atoms with Crippen LogP contribution in [0.15, 0.2) is 24.3 Å². The van der Waals surface area contributed by atoms with Crippen LogP contribution in [0.4, 0.5) is 5.69 Å². The van der Waals surface area contributed by atoms with Gasteiger partial charge in [0, 0.05) is 23.5 Å². The Labute approximate surface area is 113 Å². The van der Waals surface area contributed by atoms with Gasteiger partial charge in [0.1, 0.15) is 0 Å². The van der Waals surface area contributed by atoms with Gasteiger partial charge in [-0.1, -0.05) is 12.1 Å². The second-order valence-electron chi connectivity index (χ2n) is 4.71. The van der Waals surface area contributed by atoms with Crippen molar-refractivity contribution in [2.24, 2.45) is 0 Å². The maximum absolute atomic E-state index is 12.6. The van der Waals surface area contributed by atoms with Crippen molar-refractivity contribution in [1.29, 1.82) is 0 Å². The number of aryl methyl sites for hydroxylation is 2. The third-order valence-electron chi connectivity index (χ3n) is 3.33. The molecular formula is C15H19N3O. The molecule has 0 spiro atoms. The maximum atomic E-state index is 12.6. The normalized spacial score (nSPS) is 10.5. The van der Waals surface area contributed by atoms with Gasteiger partial charge in [-0.25, -0.2) is 0 Å². The standard InChI is InChI=1S/C15H19N3O/c1-5-18(13-8-6-7-10(2)9-13)15(19)14-11(3)12(4)16-17-14/h6-9H,5H2,1-4H3,(H,16,17). The average Bonchev–Trinajstić information content (AvgIpc) is 2.71. The zero-order valence-electron chi connectivity index (χ0n) is 11.8. The molecule has 2 rings (SSSR count). The highest BCUT2D eigenvalue weighted by molar-refractivity contribution is 6.05. The summed E-state index contributed by atoms with van der Waals surface area (Å²) in [6, 6.07) is 7.94. The van der Waals surface area contributed by atoms with E-state index in [2.05, 4.69) is 10.2 Å². The number of nitrogens with one attached hydrogen (secondary N) is 1. The molecule has 0 fully saturated rings. The summed E-state index contributed by atoms with van der Waals surface area (Å²) in [6.07, 6.45) is 0. The van der Waals surface area contributed by atoms with Crippen molar-refractivity contribution in [2.45, 2.75) is 27.7 Å². The predicted octanol–water partition coefficient (Wildman–Crippen LogP) is 3.00. The molecule has 1 aromatic carbocycles. The van der Waals surface area contributed by atoms with Crippen LogP contribution in [0.5, 0.6) is 0 Å². The van der Waals surface area contributed by atoms with Gasteiger partial charge >= 0.3 is 0 Å². The number of nitrogens with zero attached hydrogens (tertiary/aromatic N) is 2. The Bertz CT molecular complexity index is 601. The summed E-state index contributed by atoms with van der Waals surface area (Å²) in [4.78, 5) is 14.3. The average molecular weight is 257 g/mol. The third kappa shape index (κ3) is 2.52. The van der Waals surface area contributed by atoms with E-state index in [9.17, 15) is 4.79 Å². The number of carbonyl (C=O) groups excluding carboxylic acids is 1. The molecule has 0 aliphatic carbocycles. The molecule has 0 radical (unpaired) electrons. The van der Waals surface area contributed by atoms with Crippen LogP contribution in [0.25, 0.3) is 0 Å². The van der Waals surface area contributed by atoms with Crippen LogP contribution in [0.1, 0.15) is 34.2 Å². The third-order valence-corrected chi connectivity index (χ3v) is 3.33. The first kappa shape index (κ1) is 13.3. The number of H-pyrrole nitrogens is 1. The first-order valence-corrected chi connectivity index (χ1v) is 6.44. The number of benzene rings is 1. The lowest BCUT2D eigenvalue weighted by molar-refractivity contribution is 0.0983. The lowest BCUT2D eigenvalue weighted by Crippen LogP contribution is -2.31. The lowest BCUT2D eigenvalue weighted by atomic mass is 10.1. The summed E-state index contributed by atoms with van der Waals surface area (Å²) in [7, 11) is 0. The van der Waals surface area contributed by atoms with E-state index in [4.69, 9.17) is 0 Å². The minimum atomic E-state index is -0.0602. The number of anilines is 1. The van der Waals surface area contributed by atoms with Gasteiger partial charge in [0.05, 0.1) is 0 Å². The van der Waals surface area contributed by atoms with E-state index in [1.807, 2.05) is 52.0 Å². The molecular weight excluding hydrogens is 238 g/mol. The van der Waals surface area contributed by atoms with Crippen LogP contribution in [0.2, 0.25) is 0 Å². The highest BCUT2D eigenvalue weighted by Crippen LogP contribution is 2.19. The van der Waals surface area contributed by atoms with Crippen LogP contribution < -0.4 is 4.90 Å². The zero-order valence-corrected chi connectivity index (χ0v) is 11.8. The van der Waals surface area contributed by atoms with Gasteiger partial charge < -0.3 is 4.90 Å². The SMILES string of the molecule is CCN(C(=O)c1n[nH]c(C)c1C)c1cccc(C)c1. The number of amides is 1. The highest BCUT2D eigenvalue weighted by atomic mass is 16.2. The molecule has 100 valence electrons. The molecule has 19 heavy (non-hydrogen) atoms. The van der Waals surface area contributed by atoms with E-state index < -0.39 is 0 Å². The smallest absolute Gasteiger partial charge is 0.279 e. The first-order valence-electron chi connectivity index (χ1n) is 6.44.